The third-order valence-corrected chi connectivity index (χ3v) is 3.24. The Morgan fingerprint density at radius 1 is 1.18 bits per heavy atom. The number of β-amino-alcohol motifs (C(OH)–C–C–N with tert-alkyl or cyclic N) is 1. The Kier molecular flexibility index (Phi) is 5.52. The Hall–Kier alpha value is -1.91. The van der Waals surface area contributed by atoms with Crippen LogP contribution in [0.2, 0.25) is 0 Å². The fourth-order valence-electron chi connectivity index (χ4n) is 2.03. The zero-order valence-electron chi connectivity index (χ0n) is 13.4. The van der Waals surface area contributed by atoms with E-state index in [9.17, 15) is 5.11 Å². The summed E-state index contributed by atoms with van der Waals surface area (Å²) in [6, 6.07) is 11.7. The molecule has 0 aliphatic rings. The van der Waals surface area contributed by atoms with Gasteiger partial charge in [0.1, 0.15) is 12.4 Å². The van der Waals surface area contributed by atoms with E-state index in [1.165, 1.54) is 0 Å². The van der Waals surface area contributed by atoms with E-state index in [2.05, 4.69) is 31.1 Å². The first-order valence-corrected chi connectivity index (χ1v) is 7.49. The number of aromatic nitrogens is 1. The Labute approximate surface area is 132 Å². The van der Waals surface area contributed by atoms with Crippen molar-refractivity contribution in [2.75, 3.05) is 6.54 Å². The number of aliphatic hydroxyl groups excluding tert-OH is 1. The summed E-state index contributed by atoms with van der Waals surface area (Å²) in [4.78, 5) is 4.09. The van der Waals surface area contributed by atoms with Gasteiger partial charge in [0, 0.05) is 23.8 Å². The first-order chi connectivity index (χ1) is 10.5. The fraction of sp³-hybridized carbons (Fsp3) is 0.389. The molecule has 0 saturated carbocycles. The number of ether oxygens (including phenoxy) is 1. The second-order valence-corrected chi connectivity index (χ2v) is 6.33. The van der Waals surface area contributed by atoms with Gasteiger partial charge >= 0.3 is 0 Å². The van der Waals surface area contributed by atoms with Gasteiger partial charge in [0.05, 0.1) is 12.3 Å². The molecule has 1 aromatic carbocycles. The van der Waals surface area contributed by atoms with E-state index >= 15 is 0 Å². The van der Waals surface area contributed by atoms with Crippen molar-refractivity contribution in [1.29, 1.82) is 0 Å². The lowest BCUT2D eigenvalue weighted by molar-refractivity contribution is 0.157. The second kappa shape index (κ2) is 7.38. The molecule has 4 nitrogen and oxygen atoms in total. The molecule has 0 aliphatic carbocycles. The van der Waals surface area contributed by atoms with Gasteiger partial charge in [-0.2, -0.15) is 0 Å². The van der Waals surface area contributed by atoms with Crippen LogP contribution in [0.5, 0.6) is 5.75 Å². The Balaban J connectivity index is 2.03. The molecular weight excluding hydrogens is 276 g/mol. The van der Waals surface area contributed by atoms with Crippen molar-refractivity contribution in [3.05, 3.63) is 59.9 Å². The van der Waals surface area contributed by atoms with Gasteiger partial charge in [0.25, 0.3) is 0 Å². The summed E-state index contributed by atoms with van der Waals surface area (Å²) in [5, 5.41) is 13.7. The van der Waals surface area contributed by atoms with Crippen LogP contribution in [0.15, 0.2) is 48.8 Å². The van der Waals surface area contributed by atoms with Gasteiger partial charge in [-0.3, -0.25) is 4.98 Å². The Morgan fingerprint density at radius 2 is 1.91 bits per heavy atom. The molecule has 1 aromatic heterocycles. The maximum Gasteiger partial charge on any atom is 0.143 e. The molecule has 118 valence electrons. The van der Waals surface area contributed by atoms with Gasteiger partial charge in [0.2, 0.25) is 0 Å². The quantitative estimate of drug-likeness (QED) is 0.861. The van der Waals surface area contributed by atoms with E-state index in [1.54, 1.807) is 18.5 Å². The number of hydrogen-bond donors (Lipinski definition) is 2. The van der Waals surface area contributed by atoms with Gasteiger partial charge in [-0.1, -0.05) is 30.3 Å². The van der Waals surface area contributed by atoms with Crippen molar-refractivity contribution < 1.29 is 9.84 Å². The predicted molar refractivity (Wildman–Crippen MR) is 87.7 cm³/mol. The average molecular weight is 300 g/mol. The molecule has 0 aliphatic heterocycles. The molecule has 4 heteroatoms. The minimum absolute atomic E-state index is 0.0426. The number of nitrogens with one attached hydrogen (secondary N) is 1. The van der Waals surface area contributed by atoms with E-state index in [1.807, 2.05) is 30.3 Å². The molecule has 2 N–H and O–H groups in total. The van der Waals surface area contributed by atoms with Crippen molar-refractivity contribution >= 4 is 0 Å². The SMILES string of the molecule is CC(C)(C)NC[C@@H](O)c1ccncc1OCc1ccccc1. The van der Waals surface area contributed by atoms with Crippen LogP contribution in [0, 0.1) is 0 Å². The van der Waals surface area contributed by atoms with Crippen molar-refractivity contribution in [3.8, 4) is 5.75 Å². The van der Waals surface area contributed by atoms with E-state index in [-0.39, 0.29) is 5.54 Å². The lowest BCUT2D eigenvalue weighted by atomic mass is 10.1. The molecule has 0 amide bonds. The first-order valence-electron chi connectivity index (χ1n) is 7.49. The van der Waals surface area contributed by atoms with Gasteiger partial charge in [-0.15, -0.1) is 0 Å². The van der Waals surface area contributed by atoms with Gasteiger partial charge in [-0.25, -0.2) is 0 Å². The highest BCUT2D eigenvalue weighted by atomic mass is 16.5. The van der Waals surface area contributed by atoms with Crippen LogP contribution in [0.25, 0.3) is 0 Å². The molecule has 0 fully saturated rings. The molecule has 0 bridgehead atoms. The molecule has 0 saturated heterocycles. The van der Waals surface area contributed by atoms with Crippen molar-refractivity contribution in [2.45, 2.75) is 39.0 Å². The van der Waals surface area contributed by atoms with Crippen LogP contribution < -0.4 is 10.1 Å². The summed E-state index contributed by atoms with van der Waals surface area (Å²) in [7, 11) is 0. The molecule has 1 heterocycles. The summed E-state index contributed by atoms with van der Waals surface area (Å²) in [5.41, 5.74) is 1.79. The second-order valence-electron chi connectivity index (χ2n) is 6.33. The summed E-state index contributed by atoms with van der Waals surface area (Å²) in [6.45, 7) is 7.13. The van der Waals surface area contributed by atoms with Crippen molar-refractivity contribution in [3.63, 3.8) is 0 Å². The molecule has 2 aromatic rings. The molecule has 0 unspecified atom stereocenters. The highest BCUT2D eigenvalue weighted by Crippen LogP contribution is 2.25. The molecular formula is C18H24N2O2. The summed E-state index contributed by atoms with van der Waals surface area (Å²) < 4.78 is 5.83. The summed E-state index contributed by atoms with van der Waals surface area (Å²) in [5.74, 6) is 0.620. The van der Waals surface area contributed by atoms with Crippen LogP contribution in [-0.2, 0) is 6.61 Å². The number of hydrogen-bond acceptors (Lipinski definition) is 4. The number of benzene rings is 1. The van der Waals surface area contributed by atoms with Gasteiger partial charge < -0.3 is 15.2 Å². The molecule has 0 radical (unpaired) electrons. The molecule has 2 rings (SSSR count). The van der Waals surface area contributed by atoms with Crippen molar-refractivity contribution in [1.82, 2.24) is 10.3 Å². The number of nitrogens with zero attached hydrogens (tertiary/aromatic N) is 1. The average Bonchev–Trinajstić information content (AvgIpc) is 2.51. The zero-order valence-corrected chi connectivity index (χ0v) is 13.4. The highest BCUT2D eigenvalue weighted by Gasteiger charge is 2.17. The minimum atomic E-state index is -0.631. The first kappa shape index (κ1) is 16.5. The van der Waals surface area contributed by atoms with E-state index in [0.717, 1.165) is 11.1 Å². The number of pyridine rings is 1. The van der Waals surface area contributed by atoms with E-state index in [4.69, 9.17) is 4.74 Å². The number of aliphatic hydroxyl groups is 1. The highest BCUT2D eigenvalue weighted by molar-refractivity contribution is 5.32. The summed E-state index contributed by atoms with van der Waals surface area (Å²) in [6.07, 6.45) is 2.69. The summed E-state index contributed by atoms with van der Waals surface area (Å²) >= 11 is 0. The largest absolute Gasteiger partial charge is 0.487 e. The number of rotatable bonds is 6. The van der Waals surface area contributed by atoms with Crippen LogP contribution in [0.3, 0.4) is 0 Å². The van der Waals surface area contributed by atoms with E-state index in [0.29, 0.717) is 18.9 Å². The monoisotopic (exact) mass is 300 g/mol. The van der Waals surface area contributed by atoms with Gasteiger partial charge in [0.15, 0.2) is 0 Å². The van der Waals surface area contributed by atoms with Crippen LogP contribution in [-0.4, -0.2) is 22.2 Å². The third kappa shape index (κ3) is 5.13. The maximum absolute atomic E-state index is 10.4. The van der Waals surface area contributed by atoms with Crippen LogP contribution >= 0.6 is 0 Å². The minimum Gasteiger partial charge on any atom is -0.487 e. The standard InChI is InChI=1S/C18H24N2O2/c1-18(2,3)20-11-16(21)15-9-10-19-12-17(15)22-13-14-7-5-4-6-8-14/h4-10,12,16,20-21H,11,13H2,1-3H3/t16-/m1/s1. The zero-order chi connectivity index (χ0) is 16.0. The predicted octanol–water partition coefficient (Wildman–Crippen LogP) is 3.08. The fourth-order valence-corrected chi connectivity index (χ4v) is 2.03. The lowest BCUT2D eigenvalue weighted by Crippen LogP contribution is -2.38. The smallest absolute Gasteiger partial charge is 0.143 e. The Morgan fingerprint density at radius 3 is 2.59 bits per heavy atom. The van der Waals surface area contributed by atoms with E-state index < -0.39 is 6.10 Å². The molecule has 1 atom stereocenters. The molecule has 22 heavy (non-hydrogen) atoms. The van der Waals surface area contributed by atoms with Gasteiger partial charge in [-0.05, 0) is 32.4 Å². The van der Waals surface area contributed by atoms with Crippen LogP contribution in [0.4, 0.5) is 0 Å². The van der Waals surface area contributed by atoms with Crippen molar-refractivity contribution in [2.24, 2.45) is 0 Å². The Bertz CT molecular complexity index is 579. The maximum atomic E-state index is 10.4. The molecule has 0 spiro atoms. The normalized spacial score (nSPS) is 12.9. The topological polar surface area (TPSA) is 54.4 Å². The third-order valence-electron chi connectivity index (χ3n) is 3.24. The lowest BCUT2D eigenvalue weighted by Gasteiger charge is -2.23. The van der Waals surface area contributed by atoms with Crippen LogP contribution in [0.1, 0.15) is 38.0 Å².